The molecule has 0 saturated heterocycles. The summed E-state index contributed by atoms with van der Waals surface area (Å²) in [5, 5.41) is 0.313. The molecule has 0 N–H and O–H groups in total. The summed E-state index contributed by atoms with van der Waals surface area (Å²) in [7, 11) is -3.29. The molecule has 106 valence electrons. The number of hydrogen-bond acceptors (Lipinski definition) is 4. The zero-order chi connectivity index (χ0) is 14.8. The van der Waals surface area contributed by atoms with Crippen molar-refractivity contribution in [1.29, 1.82) is 0 Å². The van der Waals surface area contributed by atoms with Crippen LogP contribution in [0.15, 0.2) is 41.4 Å². The van der Waals surface area contributed by atoms with Crippen molar-refractivity contribution in [2.24, 2.45) is 0 Å². The van der Waals surface area contributed by atoms with Crippen molar-refractivity contribution < 1.29 is 13.2 Å². The molecule has 1 aromatic carbocycles. The molecule has 2 rings (SSSR count). The fourth-order valence-electron chi connectivity index (χ4n) is 1.49. The Balaban J connectivity index is 2.31. The zero-order valence-electron chi connectivity index (χ0n) is 10.5. The van der Waals surface area contributed by atoms with Gasteiger partial charge in [0, 0.05) is 18.3 Å². The van der Waals surface area contributed by atoms with Crippen molar-refractivity contribution in [2.45, 2.75) is 10.8 Å². The number of hydrogen-bond donors (Lipinski definition) is 0. The maximum atomic E-state index is 11.5. The van der Waals surface area contributed by atoms with E-state index in [9.17, 15) is 8.42 Å². The Morgan fingerprint density at radius 2 is 2.05 bits per heavy atom. The topological polar surface area (TPSA) is 56.3 Å². The number of alkyl halides is 1. The van der Waals surface area contributed by atoms with Gasteiger partial charge in [0.1, 0.15) is 10.8 Å². The van der Waals surface area contributed by atoms with Crippen LogP contribution in [0.3, 0.4) is 0 Å². The molecule has 20 heavy (non-hydrogen) atoms. The van der Waals surface area contributed by atoms with Gasteiger partial charge in [-0.3, -0.25) is 0 Å². The zero-order valence-corrected chi connectivity index (χ0v) is 12.8. The Labute approximate surface area is 127 Å². The summed E-state index contributed by atoms with van der Waals surface area (Å²) in [6.45, 7) is 0. The van der Waals surface area contributed by atoms with Crippen LogP contribution in [0.1, 0.15) is 5.56 Å². The molecule has 0 amide bonds. The highest BCUT2D eigenvalue weighted by Crippen LogP contribution is 2.29. The van der Waals surface area contributed by atoms with E-state index >= 15 is 0 Å². The number of halogens is 2. The molecular formula is C13H11Cl2NO3S. The first-order valence-corrected chi connectivity index (χ1v) is 8.39. The van der Waals surface area contributed by atoms with Crippen molar-refractivity contribution >= 4 is 33.0 Å². The molecule has 0 atom stereocenters. The highest BCUT2D eigenvalue weighted by Gasteiger charge is 2.10. The minimum Gasteiger partial charge on any atom is -0.437 e. The maximum Gasteiger partial charge on any atom is 0.238 e. The predicted octanol–water partition coefficient (Wildman–Crippen LogP) is 3.67. The number of benzene rings is 1. The minimum absolute atomic E-state index is 0.170. The van der Waals surface area contributed by atoms with Crippen molar-refractivity contribution in [1.82, 2.24) is 4.98 Å². The van der Waals surface area contributed by atoms with Crippen molar-refractivity contribution in [3.63, 3.8) is 0 Å². The molecular weight excluding hydrogens is 321 g/mol. The van der Waals surface area contributed by atoms with Gasteiger partial charge in [-0.05, 0) is 29.8 Å². The van der Waals surface area contributed by atoms with Crippen LogP contribution in [0.4, 0.5) is 0 Å². The fraction of sp³-hybridized carbons (Fsp3) is 0.154. The second kappa shape index (κ2) is 5.99. The molecule has 0 saturated carbocycles. The van der Waals surface area contributed by atoms with E-state index in [1.807, 2.05) is 0 Å². The number of pyridine rings is 1. The lowest BCUT2D eigenvalue weighted by Crippen LogP contribution is -1.97. The van der Waals surface area contributed by atoms with E-state index in [1.165, 1.54) is 12.1 Å². The van der Waals surface area contributed by atoms with Crippen molar-refractivity contribution in [3.8, 4) is 11.6 Å². The van der Waals surface area contributed by atoms with Gasteiger partial charge in [0.15, 0.2) is 9.84 Å². The molecule has 4 nitrogen and oxygen atoms in total. The van der Waals surface area contributed by atoms with Crippen LogP contribution in [0.2, 0.25) is 5.02 Å². The summed E-state index contributed by atoms with van der Waals surface area (Å²) in [5.41, 5.74) is 0.772. The lowest BCUT2D eigenvalue weighted by Gasteiger charge is -2.08. The summed E-state index contributed by atoms with van der Waals surface area (Å²) in [4.78, 5) is 4.22. The first-order chi connectivity index (χ1) is 9.40. The van der Waals surface area contributed by atoms with E-state index in [0.717, 1.165) is 11.8 Å². The monoisotopic (exact) mass is 331 g/mol. The Hall–Kier alpha value is -1.30. The summed E-state index contributed by atoms with van der Waals surface area (Å²) < 4.78 is 28.4. The number of rotatable bonds is 4. The number of aromatic nitrogens is 1. The van der Waals surface area contributed by atoms with Gasteiger partial charge in [0.2, 0.25) is 5.88 Å². The highest BCUT2D eigenvalue weighted by molar-refractivity contribution is 7.90. The lowest BCUT2D eigenvalue weighted by molar-refractivity contribution is 0.461. The highest BCUT2D eigenvalue weighted by atomic mass is 35.5. The van der Waals surface area contributed by atoms with E-state index in [2.05, 4.69) is 4.98 Å². The van der Waals surface area contributed by atoms with Crippen molar-refractivity contribution in [2.75, 3.05) is 6.26 Å². The molecule has 0 aliphatic heterocycles. The SMILES string of the molecule is CS(=O)(=O)c1cccc(Oc2ncc(CCl)cc2Cl)c1. The molecule has 0 aliphatic rings. The van der Waals surface area contributed by atoms with Gasteiger partial charge >= 0.3 is 0 Å². The third-order valence-corrected chi connectivity index (χ3v) is 4.16. The Morgan fingerprint density at radius 1 is 1.30 bits per heavy atom. The number of ether oxygens (including phenoxy) is 1. The molecule has 0 bridgehead atoms. The molecule has 0 spiro atoms. The quantitative estimate of drug-likeness (QED) is 0.802. The van der Waals surface area contributed by atoms with Crippen LogP contribution in [-0.4, -0.2) is 19.7 Å². The first-order valence-electron chi connectivity index (χ1n) is 5.58. The standard InChI is InChI=1S/C13H11Cl2NO3S/c1-20(17,18)11-4-2-3-10(6-11)19-13-12(15)5-9(7-14)8-16-13/h2-6,8H,7H2,1H3. The average molecular weight is 332 g/mol. The number of nitrogens with zero attached hydrogens (tertiary/aromatic N) is 1. The summed E-state index contributed by atoms with van der Waals surface area (Å²) in [6.07, 6.45) is 2.68. The fourth-order valence-corrected chi connectivity index (χ4v) is 2.52. The van der Waals surface area contributed by atoms with Crippen LogP contribution in [0.5, 0.6) is 11.6 Å². The van der Waals surface area contributed by atoms with Gasteiger partial charge in [0.05, 0.1) is 4.90 Å². The van der Waals surface area contributed by atoms with E-state index < -0.39 is 9.84 Å². The van der Waals surface area contributed by atoms with Gasteiger partial charge < -0.3 is 4.74 Å². The van der Waals surface area contributed by atoms with Gasteiger partial charge in [-0.2, -0.15) is 0 Å². The molecule has 0 unspecified atom stereocenters. The largest absolute Gasteiger partial charge is 0.437 e. The van der Waals surface area contributed by atoms with Gasteiger partial charge in [-0.15, -0.1) is 11.6 Å². The summed E-state index contributed by atoms with van der Waals surface area (Å²) in [5.74, 6) is 0.850. The second-order valence-electron chi connectivity index (χ2n) is 4.11. The summed E-state index contributed by atoms with van der Waals surface area (Å²) >= 11 is 11.7. The molecule has 7 heteroatoms. The second-order valence-corrected chi connectivity index (χ2v) is 6.80. The van der Waals surface area contributed by atoms with E-state index in [0.29, 0.717) is 16.7 Å². The van der Waals surface area contributed by atoms with Crippen LogP contribution in [0, 0.1) is 0 Å². The van der Waals surface area contributed by atoms with Gasteiger partial charge in [-0.25, -0.2) is 13.4 Å². The van der Waals surface area contributed by atoms with Crippen LogP contribution >= 0.6 is 23.2 Å². The maximum absolute atomic E-state index is 11.5. The van der Waals surface area contributed by atoms with Crippen LogP contribution < -0.4 is 4.74 Å². The smallest absolute Gasteiger partial charge is 0.238 e. The minimum atomic E-state index is -3.29. The molecule has 1 aromatic heterocycles. The Bertz CT molecular complexity index is 732. The van der Waals surface area contributed by atoms with E-state index in [4.69, 9.17) is 27.9 Å². The third kappa shape index (κ3) is 3.62. The van der Waals surface area contributed by atoms with E-state index in [1.54, 1.807) is 24.4 Å². The molecule has 0 aliphatic carbocycles. The molecule has 0 radical (unpaired) electrons. The van der Waals surface area contributed by atoms with Crippen LogP contribution in [0.25, 0.3) is 0 Å². The van der Waals surface area contributed by atoms with Crippen LogP contribution in [-0.2, 0) is 15.7 Å². The molecule has 2 aromatic rings. The van der Waals surface area contributed by atoms with Crippen molar-refractivity contribution in [3.05, 3.63) is 47.1 Å². The Kier molecular flexibility index (Phi) is 4.52. The van der Waals surface area contributed by atoms with Gasteiger partial charge in [0.25, 0.3) is 0 Å². The normalized spacial score (nSPS) is 11.3. The summed E-state index contributed by atoms with van der Waals surface area (Å²) in [6, 6.07) is 7.78. The number of sulfone groups is 1. The molecule has 0 fully saturated rings. The molecule has 1 heterocycles. The Morgan fingerprint density at radius 3 is 2.65 bits per heavy atom. The first kappa shape index (κ1) is 15.1. The predicted molar refractivity (Wildman–Crippen MR) is 78.4 cm³/mol. The van der Waals surface area contributed by atoms with Gasteiger partial charge in [-0.1, -0.05) is 17.7 Å². The van der Waals surface area contributed by atoms with E-state index in [-0.39, 0.29) is 10.8 Å². The average Bonchev–Trinajstić information content (AvgIpc) is 2.40. The lowest BCUT2D eigenvalue weighted by atomic mass is 10.3. The third-order valence-electron chi connectivity index (χ3n) is 2.47.